The molecule has 0 aliphatic rings. The van der Waals surface area contributed by atoms with Crippen LogP contribution in [0, 0.1) is 11.6 Å². The van der Waals surface area contributed by atoms with Crippen LogP contribution in [0.15, 0.2) is 36.4 Å². The van der Waals surface area contributed by atoms with Crippen molar-refractivity contribution in [2.24, 2.45) is 0 Å². The quantitative estimate of drug-likeness (QED) is 0.606. The number of carbonyl (C=O) groups excluding carboxylic acids is 1. The fourth-order valence-electron chi connectivity index (χ4n) is 2.04. The largest absolute Gasteiger partial charge is 0.315 e. The molecule has 0 fully saturated rings. The molecule has 1 amide bonds. The number of amides is 1. The summed E-state index contributed by atoms with van der Waals surface area (Å²) in [6, 6.07) is 7.93. The number of carbonyl (C=O) groups is 1. The number of fused-ring (bicyclic) bond motifs is 1. The SMILES string of the molecule is O=C(NC(=S)Nc1n[nH]c2cc(Cl)ccc12)c1ccc(F)c(F)c1. The average Bonchev–Trinajstić information content (AvgIpc) is 2.91. The molecular formula is C15H9ClF2N4OS. The summed E-state index contributed by atoms with van der Waals surface area (Å²) in [5.74, 6) is -2.42. The molecule has 1 heterocycles. The maximum atomic E-state index is 13.2. The number of benzene rings is 2. The maximum Gasteiger partial charge on any atom is 0.257 e. The topological polar surface area (TPSA) is 69.8 Å². The normalized spacial score (nSPS) is 10.6. The van der Waals surface area contributed by atoms with Crippen LogP contribution >= 0.6 is 23.8 Å². The van der Waals surface area contributed by atoms with E-state index in [1.165, 1.54) is 0 Å². The van der Waals surface area contributed by atoms with Crippen LogP contribution in [0.1, 0.15) is 10.4 Å². The third kappa shape index (κ3) is 3.34. The summed E-state index contributed by atoms with van der Waals surface area (Å²) in [4.78, 5) is 12.0. The summed E-state index contributed by atoms with van der Waals surface area (Å²) < 4.78 is 26.0. The van der Waals surface area contributed by atoms with E-state index in [2.05, 4.69) is 20.8 Å². The van der Waals surface area contributed by atoms with Gasteiger partial charge in [0.05, 0.1) is 5.52 Å². The van der Waals surface area contributed by atoms with Crippen molar-refractivity contribution >= 4 is 51.6 Å². The molecule has 1 aromatic heterocycles. The van der Waals surface area contributed by atoms with E-state index in [9.17, 15) is 13.6 Å². The van der Waals surface area contributed by atoms with Crippen molar-refractivity contribution in [3.63, 3.8) is 0 Å². The van der Waals surface area contributed by atoms with Gasteiger partial charge in [-0.1, -0.05) is 11.6 Å². The Bertz CT molecular complexity index is 960. The van der Waals surface area contributed by atoms with Gasteiger partial charge in [-0.2, -0.15) is 5.10 Å². The zero-order valence-electron chi connectivity index (χ0n) is 11.9. The number of H-pyrrole nitrogens is 1. The predicted molar refractivity (Wildman–Crippen MR) is 91.1 cm³/mol. The summed E-state index contributed by atoms with van der Waals surface area (Å²) in [6.07, 6.45) is 0. The minimum Gasteiger partial charge on any atom is -0.315 e. The minimum absolute atomic E-state index is 0.0342. The van der Waals surface area contributed by atoms with E-state index in [1.54, 1.807) is 18.2 Å². The predicted octanol–water partition coefficient (Wildman–Crippen LogP) is 3.62. The fraction of sp³-hybridized carbons (Fsp3) is 0. The number of thiocarbonyl (C=S) groups is 1. The van der Waals surface area contributed by atoms with Crippen LogP contribution in [0.3, 0.4) is 0 Å². The second kappa shape index (κ2) is 6.50. The molecule has 5 nitrogen and oxygen atoms in total. The number of hydrogen-bond donors (Lipinski definition) is 3. The number of hydrogen-bond acceptors (Lipinski definition) is 3. The van der Waals surface area contributed by atoms with Gasteiger partial charge in [0.25, 0.3) is 5.91 Å². The molecule has 3 N–H and O–H groups in total. The van der Waals surface area contributed by atoms with E-state index < -0.39 is 17.5 Å². The van der Waals surface area contributed by atoms with Crippen molar-refractivity contribution in [2.45, 2.75) is 0 Å². The molecule has 9 heteroatoms. The van der Waals surface area contributed by atoms with Gasteiger partial charge in [-0.05, 0) is 48.6 Å². The highest BCUT2D eigenvalue weighted by Crippen LogP contribution is 2.23. The van der Waals surface area contributed by atoms with Gasteiger partial charge < -0.3 is 5.32 Å². The molecule has 0 unspecified atom stereocenters. The van der Waals surface area contributed by atoms with E-state index in [-0.39, 0.29) is 10.7 Å². The van der Waals surface area contributed by atoms with E-state index in [0.29, 0.717) is 16.4 Å². The van der Waals surface area contributed by atoms with Gasteiger partial charge in [-0.15, -0.1) is 0 Å². The Hall–Kier alpha value is -2.58. The Balaban J connectivity index is 1.72. The van der Waals surface area contributed by atoms with Crippen LogP contribution in [-0.4, -0.2) is 21.2 Å². The number of anilines is 1. The molecule has 0 saturated heterocycles. The zero-order chi connectivity index (χ0) is 17.3. The van der Waals surface area contributed by atoms with E-state index in [0.717, 1.165) is 23.6 Å². The first kappa shape index (κ1) is 16.3. The monoisotopic (exact) mass is 366 g/mol. The molecule has 0 atom stereocenters. The first-order valence-corrected chi connectivity index (χ1v) is 7.43. The van der Waals surface area contributed by atoms with Crippen LogP contribution in [0.25, 0.3) is 10.9 Å². The number of nitrogens with zero attached hydrogens (tertiary/aromatic N) is 1. The second-order valence-electron chi connectivity index (χ2n) is 4.80. The van der Waals surface area contributed by atoms with Gasteiger partial charge in [0.15, 0.2) is 22.6 Å². The summed E-state index contributed by atoms with van der Waals surface area (Å²) in [6.45, 7) is 0. The standard InChI is InChI=1S/C15H9ClF2N4OS/c16-8-2-3-9-12(6-8)21-22-13(9)19-15(24)20-14(23)7-1-4-10(17)11(18)5-7/h1-6H,(H3,19,20,21,22,23,24). The van der Waals surface area contributed by atoms with Crippen molar-refractivity contribution in [3.05, 3.63) is 58.6 Å². The first-order chi connectivity index (χ1) is 11.4. The lowest BCUT2D eigenvalue weighted by Gasteiger charge is -2.08. The molecule has 24 heavy (non-hydrogen) atoms. The van der Waals surface area contributed by atoms with Crippen molar-refractivity contribution in [3.8, 4) is 0 Å². The fourth-order valence-corrected chi connectivity index (χ4v) is 2.40. The lowest BCUT2D eigenvalue weighted by Crippen LogP contribution is -2.34. The highest BCUT2D eigenvalue weighted by molar-refractivity contribution is 7.80. The van der Waals surface area contributed by atoms with Crippen molar-refractivity contribution in [1.82, 2.24) is 15.5 Å². The van der Waals surface area contributed by atoms with Crippen LogP contribution in [0.2, 0.25) is 5.02 Å². The molecule has 0 bridgehead atoms. The van der Waals surface area contributed by atoms with Crippen LogP contribution in [0.4, 0.5) is 14.6 Å². The summed E-state index contributed by atoms with van der Waals surface area (Å²) in [7, 11) is 0. The minimum atomic E-state index is -1.11. The van der Waals surface area contributed by atoms with Crippen LogP contribution in [-0.2, 0) is 0 Å². The third-order valence-corrected chi connectivity index (χ3v) is 3.60. The summed E-state index contributed by atoms with van der Waals surface area (Å²) >= 11 is 10.9. The van der Waals surface area contributed by atoms with E-state index in [1.807, 2.05) is 0 Å². The first-order valence-electron chi connectivity index (χ1n) is 6.65. The average molecular weight is 367 g/mol. The highest BCUT2D eigenvalue weighted by atomic mass is 35.5. The maximum absolute atomic E-state index is 13.2. The Labute approximate surface area is 145 Å². The van der Waals surface area contributed by atoms with E-state index in [4.69, 9.17) is 23.8 Å². The third-order valence-electron chi connectivity index (χ3n) is 3.17. The lowest BCUT2D eigenvalue weighted by molar-refractivity contribution is 0.0977. The van der Waals surface area contributed by atoms with Crippen LogP contribution in [0.5, 0.6) is 0 Å². The molecule has 122 valence electrons. The van der Waals surface area contributed by atoms with Gasteiger partial charge in [0, 0.05) is 16.0 Å². The molecule has 0 spiro atoms. The van der Waals surface area contributed by atoms with Gasteiger partial charge in [0.1, 0.15) is 0 Å². The Morgan fingerprint density at radius 3 is 2.71 bits per heavy atom. The Morgan fingerprint density at radius 2 is 1.96 bits per heavy atom. The van der Waals surface area contributed by atoms with Crippen LogP contribution < -0.4 is 10.6 Å². The summed E-state index contributed by atoms with van der Waals surface area (Å²) in [5.41, 5.74) is 0.636. The number of aromatic amines is 1. The molecule has 0 aliphatic heterocycles. The molecule has 3 rings (SSSR count). The molecule has 3 aromatic rings. The van der Waals surface area contributed by atoms with Gasteiger partial charge in [-0.3, -0.25) is 15.2 Å². The number of halogens is 3. The van der Waals surface area contributed by atoms with Crippen molar-refractivity contribution in [2.75, 3.05) is 5.32 Å². The molecular weight excluding hydrogens is 358 g/mol. The van der Waals surface area contributed by atoms with Crippen molar-refractivity contribution < 1.29 is 13.6 Å². The van der Waals surface area contributed by atoms with Gasteiger partial charge in [-0.25, -0.2) is 8.78 Å². The highest BCUT2D eigenvalue weighted by Gasteiger charge is 2.13. The van der Waals surface area contributed by atoms with Gasteiger partial charge >= 0.3 is 0 Å². The number of aromatic nitrogens is 2. The Morgan fingerprint density at radius 1 is 1.17 bits per heavy atom. The molecule has 2 aromatic carbocycles. The smallest absolute Gasteiger partial charge is 0.257 e. The van der Waals surface area contributed by atoms with E-state index >= 15 is 0 Å². The molecule has 0 aliphatic carbocycles. The van der Waals surface area contributed by atoms with Crippen molar-refractivity contribution in [1.29, 1.82) is 0 Å². The lowest BCUT2D eigenvalue weighted by atomic mass is 10.2. The van der Waals surface area contributed by atoms with Gasteiger partial charge in [0.2, 0.25) is 0 Å². The number of rotatable bonds is 2. The number of nitrogens with one attached hydrogen (secondary N) is 3. The molecule has 0 saturated carbocycles. The zero-order valence-corrected chi connectivity index (χ0v) is 13.4. The Kier molecular flexibility index (Phi) is 4.41. The molecule has 0 radical (unpaired) electrons. The summed E-state index contributed by atoms with van der Waals surface area (Å²) in [5, 5.41) is 13.2. The second-order valence-corrected chi connectivity index (χ2v) is 5.64.